The predicted molar refractivity (Wildman–Crippen MR) is 56.9 cm³/mol. The van der Waals surface area contributed by atoms with Crippen LogP contribution in [0.4, 0.5) is 5.69 Å². The highest BCUT2D eigenvalue weighted by atomic mass is 35.5. The van der Waals surface area contributed by atoms with Crippen LogP contribution in [0.1, 0.15) is 0 Å². The summed E-state index contributed by atoms with van der Waals surface area (Å²) in [7, 11) is 0. The number of nitrogens with two attached hydrogens (primary N) is 1. The van der Waals surface area contributed by atoms with Crippen LogP contribution >= 0.6 is 11.6 Å². The van der Waals surface area contributed by atoms with E-state index in [-0.39, 0.29) is 0 Å². The lowest BCUT2D eigenvalue weighted by Gasteiger charge is -2.05. The Labute approximate surface area is 86.6 Å². The maximum Gasteiger partial charge on any atom is 0.152 e. The lowest BCUT2D eigenvalue weighted by molar-refractivity contribution is 1.31. The fourth-order valence-electron chi connectivity index (χ4n) is 1.22. The van der Waals surface area contributed by atoms with Gasteiger partial charge in [0.15, 0.2) is 5.15 Å². The zero-order valence-electron chi connectivity index (χ0n) is 7.31. The first-order valence-electron chi connectivity index (χ1n) is 4.09. The molecule has 0 fully saturated rings. The normalized spacial score (nSPS) is 10.1. The lowest BCUT2D eigenvalue weighted by Crippen LogP contribution is -1.93. The third-order valence-electron chi connectivity index (χ3n) is 1.91. The number of nitrogens with zero attached hydrogens (tertiary/aromatic N) is 2. The summed E-state index contributed by atoms with van der Waals surface area (Å²) in [5, 5.41) is 0.325. The molecule has 0 aliphatic heterocycles. The van der Waals surface area contributed by atoms with E-state index in [0.29, 0.717) is 10.8 Å². The van der Waals surface area contributed by atoms with Crippen molar-refractivity contribution in [2.45, 2.75) is 0 Å². The average molecular weight is 206 g/mol. The van der Waals surface area contributed by atoms with Gasteiger partial charge < -0.3 is 5.73 Å². The van der Waals surface area contributed by atoms with Crippen LogP contribution in [0.15, 0.2) is 36.8 Å². The molecule has 0 amide bonds. The van der Waals surface area contributed by atoms with Crippen molar-refractivity contribution in [2.24, 2.45) is 0 Å². The molecule has 4 heteroatoms. The zero-order valence-corrected chi connectivity index (χ0v) is 8.07. The van der Waals surface area contributed by atoms with Gasteiger partial charge in [-0.2, -0.15) is 0 Å². The van der Waals surface area contributed by atoms with Gasteiger partial charge >= 0.3 is 0 Å². The first kappa shape index (κ1) is 8.97. The Hall–Kier alpha value is -1.61. The van der Waals surface area contributed by atoms with Crippen LogP contribution in [0.2, 0.25) is 5.15 Å². The van der Waals surface area contributed by atoms with Crippen molar-refractivity contribution < 1.29 is 0 Å². The Bertz CT molecular complexity index is 442. The number of halogens is 1. The monoisotopic (exact) mass is 205 g/mol. The predicted octanol–water partition coefficient (Wildman–Crippen LogP) is 2.38. The first-order valence-corrected chi connectivity index (χ1v) is 4.47. The Kier molecular flexibility index (Phi) is 2.33. The minimum atomic E-state index is 0.325. The van der Waals surface area contributed by atoms with Gasteiger partial charge in [-0.1, -0.05) is 17.7 Å². The van der Waals surface area contributed by atoms with E-state index in [2.05, 4.69) is 9.97 Å². The van der Waals surface area contributed by atoms with Gasteiger partial charge in [0.2, 0.25) is 0 Å². The number of nitrogen functional groups attached to an aromatic ring is 1. The maximum atomic E-state index is 5.81. The SMILES string of the molecule is Nc1c(-c2cccnc2)ccnc1Cl. The van der Waals surface area contributed by atoms with E-state index in [9.17, 15) is 0 Å². The topological polar surface area (TPSA) is 51.8 Å². The zero-order chi connectivity index (χ0) is 9.97. The number of aromatic nitrogens is 2. The van der Waals surface area contributed by atoms with Gasteiger partial charge in [0.1, 0.15) is 0 Å². The van der Waals surface area contributed by atoms with Gasteiger partial charge in [-0.25, -0.2) is 4.98 Å². The van der Waals surface area contributed by atoms with Crippen LogP contribution in [-0.4, -0.2) is 9.97 Å². The summed E-state index contributed by atoms with van der Waals surface area (Å²) >= 11 is 5.81. The van der Waals surface area contributed by atoms with Crippen molar-refractivity contribution in [3.05, 3.63) is 41.9 Å². The van der Waals surface area contributed by atoms with Crippen molar-refractivity contribution in [3.63, 3.8) is 0 Å². The second kappa shape index (κ2) is 3.64. The highest BCUT2D eigenvalue weighted by Gasteiger charge is 2.05. The molecule has 2 aromatic heterocycles. The standard InChI is InChI=1S/C10H8ClN3/c11-10-9(12)8(3-5-14-10)7-2-1-4-13-6-7/h1-6H,12H2. The molecular formula is C10H8ClN3. The van der Waals surface area contributed by atoms with Crippen LogP contribution in [-0.2, 0) is 0 Å². The summed E-state index contributed by atoms with van der Waals surface area (Å²) < 4.78 is 0. The molecule has 3 nitrogen and oxygen atoms in total. The molecule has 0 bridgehead atoms. The van der Waals surface area contributed by atoms with Crippen molar-refractivity contribution >= 4 is 17.3 Å². The van der Waals surface area contributed by atoms with Gasteiger partial charge in [0, 0.05) is 29.7 Å². The molecule has 2 rings (SSSR count). The molecule has 0 saturated heterocycles. The second-order valence-corrected chi connectivity index (χ2v) is 3.16. The van der Waals surface area contributed by atoms with Crippen LogP contribution < -0.4 is 5.73 Å². The van der Waals surface area contributed by atoms with Crippen LogP contribution in [0.5, 0.6) is 0 Å². The van der Waals surface area contributed by atoms with Gasteiger partial charge in [0.05, 0.1) is 5.69 Å². The summed E-state index contributed by atoms with van der Waals surface area (Å²) in [4.78, 5) is 7.90. The minimum Gasteiger partial charge on any atom is -0.396 e. The van der Waals surface area contributed by atoms with E-state index in [1.165, 1.54) is 0 Å². The van der Waals surface area contributed by atoms with E-state index < -0.39 is 0 Å². The third-order valence-corrected chi connectivity index (χ3v) is 2.22. The third kappa shape index (κ3) is 1.54. The first-order chi connectivity index (χ1) is 6.79. The lowest BCUT2D eigenvalue weighted by atomic mass is 10.1. The van der Waals surface area contributed by atoms with Crippen molar-refractivity contribution in [1.29, 1.82) is 0 Å². The quantitative estimate of drug-likeness (QED) is 0.728. The average Bonchev–Trinajstić information content (AvgIpc) is 2.23. The van der Waals surface area contributed by atoms with Crippen LogP contribution in [0.3, 0.4) is 0 Å². The minimum absolute atomic E-state index is 0.325. The van der Waals surface area contributed by atoms with Gasteiger partial charge in [-0.05, 0) is 12.1 Å². The molecule has 0 aliphatic rings. The van der Waals surface area contributed by atoms with Gasteiger partial charge in [0.25, 0.3) is 0 Å². The molecule has 2 N–H and O–H groups in total. The Morgan fingerprint density at radius 3 is 2.79 bits per heavy atom. The van der Waals surface area contributed by atoms with Gasteiger partial charge in [-0.3, -0.25) is 4.98 Å². The molecule has 2 aromatic rings. The molecule has 0 radical (unpaired) electrons. The molecular weight excluding hydrogens is 198 g/mol. The number of anilines is 1. The molecule has 0 unspecified atom stereocenters. The molecule has 0 aromatic carbocycles. The number of hydrogen-bond acceptors (Lipinski definition) is 3. The summed E-state index contributed by atoms with van der Waals surface area (Å²) in [6, 6.07) is 5.59. The van der Waals surface area contributed by atoms with E-state index in [1.54, 1.807) is 18.6 Å². The summed E-state index contributed by atoms with van der Waals surface area (Å²) in [5.41, 5.74) is 8.08. The Balaban J connectivity index is 2.58. The number of rotatable bonds is 1. The van der Waals surface area contributed by atoms with E-state index in [0.717, 1.165) is 11.1 Å². The van der Waals surface area contributed by atoms with Crippen molar-refractivity contribution in [2.75, 3.05) is 5.73 Å². The number of pyridine rings is 2. The molecule has 2 heterocycles. The Morgan fingerprint density at radius 1 is 1.21 bits per heavy atom. The summed E-state index contributed by atoms with van der Waals surface area (Å²) in [5.74, 6) is 0. The summed E-state index contributed by atoms with van der Waals surface area (Å²) in [6.07, 6.45) is 5.07. The molecule has 0 aliphatic carbocycles. The molecule has 70 valence electrons. The van der Waals surface area contributed by atoms with E-state index in [4.69, 9.17) is 17.3 Å². The fourth-order valence-corrected chi connectivity index (χ4v) is 1.38. The molecule has 14 heavy (non-hydrogen) atoms. The van der Waals surface area contributed by atoms with E-state index in [1.807, 2.05) is 18.2 Å². The smallest absolute Gasteiger partial charge is 0.152 e. The number of hydrogen-bond donors (Lipinski definition) is 1. The van der Waals surface area contributed by atoms with Crippen molar-refractivity contribution in [3.8, 4) is 11.1 Å². The largest absolute Gasteiger partial charge is 0.396 e. The highest BCUT2D eigenvalue weighted by molar-refractivity contribution is 6.32. The molecule has 0 atom stereocenters. The van der Waals surface area contributed by atoms with Crippen LogP contribution in [0, 0.1) is 0 Å². The maximum absolute atomic E-state index is 5.81. The van der Waals surface area contributed by atoms with Crippen molar-refractivity contribution in [1.82, 2.24) is 9.97 Å². The molecule has 0 saturated carbocycles. The van der Waals surface area contributed by atoms with Gasteiger partial charge in [-0.15, -0.1) is 0 Å². The van der Waals surface area contributed by atoms with Crippen LogP contribution in [0.25, 0.3) is 11.1 Å². The second-order valence-electron chi connectivity index (χ2n) is 2.80. The molecule has 0 spiro atoms. The fraction of sp³-hybridized carbons (Fsp3) is 0. The Morgan fingerprint density at radius 2 is 2.07 bits per heavy atom. The van der Waals surface area contributed by atoms with E-state index >= 15 is 0 Å². The summed E-state index contributed by atoms with van der Waals surface area (Å²) in [6.45, 7) is 0. The highest BCUT2D eigenvalue weighted by Crippen LogP contribution is 2.28.